The fourth-order valence-corrected chi connectivity index (χ4v) is 2.99. The Morgan fingerprint density at radius 2 is 2.00 bits per heavy atom. The molecule has 1 fully saturated rings. The van der Waals surface area contributed by atoms with Crippen molar-refractivity contribution < 1.29 is 5.11 Å². The second kappa shape index (κ2) is 6.87. The minimum atomic E-state index is 0.339. The fraction of sp³-hybridized carbons (Fsp3) is 0.471. The van der Waals surface area contributed by atoms with E-state index in [1.807, 2.05) is 12.3 Å². The van der Waals surface area contributed by atoms with E-state index in [0.29, 0.717) is 12.5 Å². The van der Waals surface area contributed by atoms with Gasteiger partial charge in [0.25, 0.3) is 0 Å². The second-order valence-corrected chi connectivity index (χ2v) is 5.78. The van der Waals surface area contributed by atoms with E-state index in [2.05, 4.69) is 39.5 Å². The predicted octanol–water partition coefficient (Wildman–Crippen LogP) is 2.35. The molecule has 1 aliphatic rings. The van der Waals surface area contributed by atoms with Crippen molar-refractivity contribution in [2.45, 2.75) is 12.8 Å². The average molecular weight is 285 g/mol. The van der Waals surface area contributed by atoms with Gasteiger partial charge in [-0.1, -0.05) is 24.3 Å². The Kier molecular flexibility index (Phi) is 4.68. The van der Waals surface area contributed by atoms with Crippen molar-refractivity contribution in [3.05, 3.63) is 36.5 Å². The lowest BCUT2D eigenvalue weighted by atomic mass is 9.98. The van der Waals surface area contributed by atoms with Crippen molar-refractivity contribution in [1.82, 2.24) is 9.88 Å². The van der Waals surface area contributed by atoms with Gasteiger partial charge in [0.1, 0.15) is 5.82 Å². The maximum Gasteiger partial charge on any atom is 0.133 e. The van der Waals surface area contributed by atoms with E-state index < -0.39 is 0 Å². The molecule has 2 heterocycles. The molecule has 0 saturated carbocycles. The van der Waals surface area contributed by atoms with Crippen LogP contribution in [0.25, 0.3) is 10.8 Å². The van der Waals surface area contributed by atoms with Gasteiger partial charge in [0.15, 0.2) is 0 Å². The topological polar surface area (TPSA) is 48.4 Å². The molecule has 1 saturated heterocycles. The molecule has 2 aromatic rings. The Hall–Kier alpha value is -1.65. The minimum absolute atomic E-state index is 0.339. The fourth-order valence-electron chi connectivity index (χ4n) is 2.99. The molecule has 112 valence electrons. The molecule has 0 radical (unpaired) electrons. The second-order valence-electron chi connectivity index (χ2n) is 5.78. The largest absolute Gasteiger partial charge is 0.396 e. The molecular weight excluding hydrogens is 262 g/mol. The monoisotopic (exact) mass is 285 g/mol. The molecule has 4 nitrogen and oxygen atoms in total. The van der Waals surface area contributed by atoms with Crippen LogP contribution < -0.4 is 5.32 Å². The number of fused-ring (bicyclic) bond motifs is 1. The van der Waals surface area contributed by atoms with Crippen LogP contribution in [0.4, 0.5) is 5.82 Å². The van der Waals surface area contributed by atoms with Crippen molar-refractivity contribution in [3.63, 3.8) is 0 Å². The standard InChI is InChI=1S/C17H23N3O/c21-13-14-6-10-20(11-7-14)12-9-19-17-16-4-2-1-3-15(16)5-8-18-17/h1-5,8,14,21H,6-7,9-13H2,(H,18,19). The molecule has 0 amide bonds. The van der Waals surface area contributed by atoms with Gasteiger partial charge in [0.05, 0.1) is 0 Å². The number of aliphatic hydroxyl groups excluding tert-OH is 1. The van der Waals surface area contributed by atoms with Crippen LogP contribution in [0, 0.1) is 5.92 Å². The van der Waals surface area contributed by atoms with Crippen LogP contribution >= 0.6 is 0 Å². The summed E-state index contributed by atoms with van der Waals surface area (Å²) in [6.45, 7) is 4.46. The first-order valence-corrected chi connectivity index (χ1v) is 7.77. The maximum atomic E-state index is 9.16. The van der Waals surface area contributed by atoms with E-state index >= 15 is 0 Å². The molecule has 3 rings (SSSR count). The number of rotatable bonds is 5. The third-order valence-electron chi connectivity index (χ3n) is 4.36. The van der Waals surface area contributed by atoms with E-state index in [9.17, 15) is 0 Å². The lowest BCUT2D eigenvalue weighted by molar-refractivity contribution is 0.134. The van der Waals surface area contributed by atoms with Gasteiger partial charge < -0.3 is 15.3 Å². The third kappa shape index (κ3) is 3.52. The number of likely N-dealkylation sites (tertiary alicyclic amines) is 1. The van der Waals surface area contributed by atoms with Crippen LogP contribution in [0.15, 0.2) is 36.5 Å². The van der Waals surface area contributed by atoms with Crippen molar-refractivity contribution in [2.75, 3.05) is 38.1 Å². The highest BCUT2D eigenvalue weighted by Crippen LogP contribution is 2.20. The zero-order valence-electron chi connectivity index (χ0n) is 12.3. The maximum absolute atomic E-state index is 9.16. The number of anilines is 1. The lowest BCUT2D eigenvalue weighted by Gasteiger charge is -2.31. The quantitative estimate of drug-likeness (QED) is 0.885. The highest BCUT2D eigenvalue weighted by atomic mass is 16.3. The Balaban J connectivity index is 1.53. The summed E-state index contributed by atoms with van der Waals surface area (Å²) in [5, 5.41) is 15.0. The van der Waals surface area contributed by atoms with Gasteiger partial charge in [0, 0.05) is 31.3 Å². The summed E-state index contributed by atoms with van der Waals surface area (Å²) in [6, 6.07) is 10.4. The van der Waals surface area contributed by atoms with Crippen molar-refractivity contribution in [2.24, 2.45) is 5.92 Å². The predicted molar refractivity (Wildman–Crippen MR) is 86.5 cm³/mol. The molecule has 0 bridgehead atoms. The molecule has 21 heavy (non-hydrogen) atoms. The van der Waals surface area contributed by atoms with Gasteiger partial charge in [-0.05, 0) is 43.3 Å². The van der Waals surface area contributed by atoms with Crippen molar-refractivity contribution >= 4 is 16.6 Å². The zero-order chi connectivity index (χ0) is 14.5. The van der Waals surface area contributed by atoms with Crippen molar-refractivity contribution in [3.8, 4) is 0 Å². The summed E-state index contributed by atoms with van der Waals surface area (Å²) in [4.78, 5) is 6.91. The van der Waals surface area contributed by atoms with Gasteiger partial charge in [-0.25, -0.2) is 4.98 Å². The Labute approximate surface area is 125 Å². The normalized spacial score (nSPS) is 17.2. The van der Waals surface area contributed by atoms with E-state index in [1.165, 1.54) is 10.8 Å². The van der Waals surface area contributed by atoms with E-state index in [0.717, 1.165) is 44.8 Å². The van der Waals surface area contributed by atoms with Gasteiger partial charge in [-0.15, -0.1) is 0 Å². The molecule has 0 unspecified atom stereocenters. The SMILES string of the molecule is OCC1CCN(CCNc2nccc3ccccc23)CC1. The molecule has 0 spiro atoms. The molecule has 1 aromatic heterocycles. The highest BCUT2D eigenvalue weighted by Gasteiger charge is 2.17. The zero-order valence-corrected chi connectivity index (χ0v) is 12.3. The van der Waals surface area contributed by atoms with Crippen LogP contribution in [0.2, 0.25) is 0 Å². The summed E-state index contributed by atoms with van der Waals surface area (Å²) >= 11 is 0. The van der Waals surface area contributed by atoms with Gasteiger partial charge in [-0.3, -0.25) is 0 Å². The van der Waals surface area contributed by atoms with Crippen LogP contribution in [0.3, 0.4) is 0 Å². The van der Waals surface area contributed by atoms with Crippen LogP contribution in [0.5, 0.6) is 0 Å². The molecular formula is C17H23N3O. The van der Waals surface area contributed by atoms with Crippen molar-refractivity contribution in [1.29, 1.82) is 0 Å². The Morgan fingerprint density at radius 3 is 2.81 bits per heavy atom. The summed E-state index contributed by atoms with van der Waals surface area (Å²) in [5.74, 6) is 1.48. The third-order valence-corrected chi connectivity index (χ3v) is 4.36. The average Bonchev–Trinajstić information content (AvgIpc) is 2.56. The first-order valence-electron chi connectivity index (χ1n) is 7.77. The highest BCUT2D eigenvalue weighted by molar-refractivity contribution is 5.91. The number of aliphatic hydroxyl groups is 1. The van der Waals surface area contributed by atoms with E-state index in [-0.39, 0.29) is 0 Å². The molecule has 1 aromatic carbocycles. The minimum Gasteiger partial charge on any atom is -0.396 e. The van der Waals surface area contributed by atoms with Gasteiger partial charge in [-0.2, -0.15) is 0 Å². The van der Waals surface area contributed by atoms with Crippen LogP contribution in [-0.4, -0.2) is 47.8 Å². The number of aromatic nitrogens is 1. The summed E-state index contributed by atoms with van der Waals surface area (Å²) in [5.41, 5.74) is 0. The number of pyridine rings is 1. The number of hydrogen-bond donors (Lipinski definition) is 2. The molecule has 2 N–H and O–H groups in total. The number of nitrogens with one attached hydrogen (secondary N) is 1. The van der Waals surface area contributed by atoms with Gasteiger partial charge >= 0.3 is 0 Å². The number of piperidine rings is 1. The van der Waals surface area contributed by atoms with E-state index in [1.54, 1.807) is 0 Å². The Bertz CT molecular complexity index is 574. The Morgan fingerprint density at radius 1 is 1.19 bits per heavy atom. The van der Waals surface area contributed by atoms with Crippen LogP contribution in [0.1, 0.15) is 12.8 Å². The molecule has 0 aliphatic carbocycles. The number of hydrogen-bond acceptors (Lipinski definition) is 4. The number of nitrogens with zero attached hydrogens (tertiary/aromatic N) is 2. The van der Waals surface area contributed by atoms with E-state index in [4.69, 9.17) is 5.11 Å². The molecule has 0 atom stereocenters. The summed E-state index contributed by atoms with van der Waals surface area (Å²) < 4.78 is 0. The first-order chi connectivity index (χ1) is 10.4. The lowest BCUT2D eigenvalue weighted by Crippen LogP contribution is -2.37. The first kappa shape index (κ1) is 14.3. The molecule has 1 aliphatic heterocycles. The van der Waals surface area contributed by atoms with Gasteiger partial charge in [0.2, 0.25) is 0 Å². The molecule has 4 heteroatoms. The number of benzene rings is 1. The summed E-state index contributed by atoms with van der Waals surface area (Å²) in [7, 11) is 0. The smallest absolute Gasteiger partial charge is 0.133 e. The summed E-state index contributed by atoms with van der Waals surface area (Å²) in [6.07, 6.45) is 4.09. The van der Waals surface area contributed by atoms with Crippen LogP contribution in [-0.2, 0) is 0 Å².